The van der Waals surface area contributed by atoms with E-state index in [4.69, 9.17) is 15.7 Å². The summed E-state index contributed by atoms with van der Waals surface area (Å²) in [5.41, 5.74) is 9.77. The number of benzene rings is 2. The number of allylic oxidation sites excluding steroid dienone is 1. The van der Waals surface area contributed by atoms with Gasteiger partial charge in [-0.2, -0.15) is 10.5 Å². The Hall–Kier alpha value is -3.35. The molecule has 27 heavy (non-hydrogen) atoms. The zero-order chi connectivity index (χ0) is 19.0. The molecule has 0 saturated heterocycles. The highest BCUT2D eigenvalue weighted by Gasteiger charge is 2.41. The Morgan fingerprint density at radius 1 is 1.11 bits per heavy atom. The number of anilines is 1. The first-order valence-corrected chi connectivity index (χ1v) is 9.35. The summed E-state index contributed by atoms with van der Waals surface area (Å²) in [6, 6.07) is 19.6. The van der Waals surface area contributed by atoms with Crippen molar-refractivity contribution in [3.8, 4) is 12.1 Å². The molecule has 2 aromatic rings. The first kappa shape index (κ1) is 17.1. The number of rotatable bonds is 3. The first-order chi connectivity index (χ1) is 13.2. The Labute approximate surface area is 162 Å². The summed E-state index contributed by atoms with van der Waals surface area (Å²) in [4.78, 5) is 2.95. The highest BCUT2D eigenvalue weighted by Crippen LogP contribution is 2.54. The zero-order valence-corrected chi connectivity index (χ0v) is 15.5. The van der Waals surface area contributed by atoms with Crippen LogP contribution in [-0.4, -0.2) is 6.61 Å². The quantitative estimate of drug-likeness (QED) is 0.870. The van der Waals surface area contributed by atoms with Crippen molar-refractivity contribution in [2.45, 2.75) is 17.7 Å². The minimum Gasteiger partial charge on any atom is -0.494 e. The van der Waals surface area contributed by atoms with E-state index in [1.165, 1.54) is 0 Å². The van der Waals surface area contributed by atoms with E-state index in [1.54, 1.807) is 23.9 Å². The molecule has 0 bridgehead atoms. The number of para-hydroxylation sites is 1. The fraction of sp³-hybridized carbons (Fsp3) is 0.143. The number of nitrogens with two attached hydrogens (primary N) is 1. The molecule has 0 aliphatic carbocycles. The molecule has 0 saturated carbocycles. The van der Waals surface area contributed by atoms with Crippen molar-refractivity contribution in [1.82, 2.24) is 0 Å². The molecule has 4 rings (SSSR count). The maximum Gasteiger partial charge on any atom is 0.145 e. The van der Waals surface area contributed by atoms with Crippen LogP contribution in [0, 0.1) is 22.7 Å². The maximum absolute atomic E-state index is 9.85. The topological polar surface area (TPSA) is 86.1 Å². The van der Waals surface area contributed by atoms with Crippen molar-refractivity contribution in [3.63, 3.8) is 0 Å². The lowest BCUT2D eigenvalue weighted by atomic mass is 9.90. The molecule has 2 aliphatic rings. The molecule has 0 fully saturated rings. The normalized spacial score (nSPS) is 17.9. The van der Waals surface area contributed by atoms with Gasteiger partial charge in [-0.05, 0) is 36.8 Å². The van der Waals surface area contributed by atoms with Crippen LogP contribution in [0.1, 0.15) is 24.0 Å². The van der Waals surface area contributed by atoms with Crippen LogP contribution in [0.5, 0.6) is 0 Å². The Kier molecular flexibility index (Phi) is 4.27. The van der Waals surface area contributed by atoms with Crippen molar-refractivity contribution in [3.05, 3.63) is 81.8 Å². The third-order valence-electron chi connectivity index (χ3n) is 4.58. The molecule has 0 spiro atoms. The molecule has 6 heteroatoms. The van der Waals surface area contributed by atoms with E-state index in [9.17, 15) is 5.26 Å². The molecular weight excluding hydrogens is 356 g/mol. The lowest BCUT2D eigenvalue weighted by Gasteiger charge is -2.33. The summed E-state index contributed by atoms with van der Waals surface area (Å²) in [6.07, 6.45) is 0. The Morgan fingerprint density at radius 3 is 2.52 bits per heavy atom. The van der Waals surface area contributed by atoms with Gasteiger partial charge in [0, 0.05) is 4.90 Å². The Morgan fingerprint density at radius 2 is 1.85 bits per heavy atom. The second kappa shape index (κ2) is 6.75. The average molecular weight is 372 g/mol. The van der Waals surface area contributed by atoms with Gasteiger partial charge in [0.25, 0.3) is 0 Å². The molecule has 1 atom stereocenters. The molecule has 0 radical (unpaired) electrons. The van der Waals surface area contributed by atoms with Crippen molar-refractivity contribution in [2.75, 3.05) is 11.5 Å². The molecule has 1 unspecified atom stereocenters. The van der Waals surface area contributed by atoms with Crippen LogP contribution in [0.15, 0.2) is 75.6 Å². The van der Waals surface area contributed by atoms with Gasteiger partial charge in [0.2, 0.25) is 0 Å². The van der Waals surface area contributed by atoms with Gasteiger partial charge in [0.15, 0.2) is 0 Å². The average Bonchev–Trinajstić information content (AvgIpc) is 3.08. The largest absolute Gasteiger partial charge is 0.494 e. The highest BCUT2D eigenvalue weighted by atomic mass is 32.2. The van der Waals surface area contributed by atoms with E-state index in [2.05, 4.69) is 12.1 Å². The monoisotopic (exact) mass is 372 g/mol. The van der Waals surface area contributed by atoms with Gasteiger partial charge in [0.05, 0.1) is 35.5 Å². The third-order valence-corrected chi connectivity index (χ3v) is 5.72. The molecule has 132 valence electrons. The molecule has 0 aromatic heterocycles. The van der Waals surface area contributed by atoms with Gasteiger partial charge >= 0.3 is 0 Å². The van der Waals surface area contributed by atoms with Crippen molar-refractivity contribution in [2.24, 2.45) is 5.73 Å². The molecule has 2 aliphatic heterocycles. The van der Waals surface area contributed by atoms with Crippen LogP contribution in [0.25, 0.3) is 0 Å². The lowest BCUT2D eigenvalue weighted by molar-refractivity contribution is 0.210. The van der Waals surface area contributed by atoms with E-state index >= 15 is 0 Å². The van der Waals surface area contributed by atoms with Crippen molar-refractivity contribution in [1.29, 1.82) is 10.5 Å². The molecule has 2 N–H and O–H groups in total. The number of fused-ring (bicyclic) bond motifs is 3. The summed E-state index contributed by atoms with van der Waals surface area (Å²) in [5.74, 6) is 0.375. The first-order valence-electron chi connectivity index (χ1n) is 8.53. The molecule has 2 heterocycles. The fourth-order valence-corrected chi connectivity index (χ4v) is 4.57. The Balaban J connectivity index is 1.92. The fourth-order valence-electron chi connectivity index (χ4n) is 3.40. The third kappa shape index (κ3) is 2.63. The zero-order valence-electron chi connectivity index (χ0n) is 14.6. The summed E-state index contributed by atoms with van der Waals surface area (Å²) in [6.45, 7) is 2.42. The predicted octanol–water partition coefficient (Wildman–Crippen LogP) is 4.17. The summed E-state index contributed by atoms with van der Waals surface area (Å²) in [7, 11) is 0. The minimum atomic E-state index is -0.361. The standard InChI is InChI=1S/C21H16N4OS/c1-2-26-20-18(14-9-7-13(11-22)8-10-14)19(24)16(12-23)25-15-5-3-4-6-17(15)27-21(20)25/h3-10,18H,2,24H2,1H3. The van der Waals surface area contributed by atoms with Gasteiger partial charge in [0.1, 0.15) is 22.6 Å². The van der Waals surface area contributed by atoms with E-state index in [0.29, 0.717) is 23.6 Å². The molecule has 0 amide bonds. The highest BCUT2D eigenvalue weighted by molar-refractivity contribution is 8.03. The SMILES string of the molecule is CCOC1=C2Sc3ccccc3N2C(C#N)=C(N)C1c1ccc(C#N)cc1. The predicted molar refractivity (Wildman–Crippen MR) is 104 cm³/mol. The van der Waals surface area contributed by atoms with E-state index in [-0.39, 0.29) is 5.92 Å². The second-order valence-corrected chi connectivity index (χ2v) is 7.12. The number of hydrogen-bond acceptors (Lipinski definition) is 6. The van der Waals surface area contributed by atoms with Crippen LogP contribution < -0.4 is 10.6 Å². The summed E-state index contributed by atoms with van der Waals surface area (Å²) >= 11 is 1.58. The number of nitriles is 2. The van der Waals surface area contributed by atoms with Crippen LogP contribution in [0.4, 0.5) is 5.69 Å². The van der Waals surface area contributed by atoms with Gasteiger partial charge < -0.3 is 10.5 Å². The van der Waals surface area contributed by atoms with Gasteiger partial charge in [-0.3, -0.25) is 4.90 Å². The van der Waals surface area contributed by atoms with E-state index < -0.39 is 0 Å². The van der Waals surface area contributed by atoms with E-state index in [0.717, 1.165) is 26.9 Å². The van der Waals surface area contributed by atoms with Crippen molar-refractivity contribution >= 4 is 17.4 Å². The van der Waals surface area contributed by atoms with Crippen LogP contribution in [0.3, 0.4) is 0 Å². The minimum absolute atomic E-state index is 0.361. The van der Waals surface area contributed by atoms with Gasteiger partial charge in [-0.1, -0.05) is 36.0 Å². The van der Waals surface area contributed by atoms with Gasteiger partial charge in [-0.25, -0.2) is 0 Å². The van der Waals surface area contributed by atoms with Crippen LogP contribution in [0.2, 0.25) is 0 Å². The molecule has 2 aromatic carbocycles. The second-order valence-electron chi connectivity index (χ2n) is 6.09. The maximum atomic E-state index is 9.85. The Bertz CT molecular complexity index is 1060. The van der Waals surface area contributed by atoms with Gasteiger partial charge in [-0.15, -0.1) is 0 Å². The number of hydrogen-bond donors (Lipinski definition) is 1. The summed E-state index contributed by atoms with van der Waals surface area (Å²) in [5, 5.41) is 19.8. The smallest absolute Gasteiger partial charge is 0.145 e. The lowest BCUT2D eigenvalue weighted by Crippen LogP contribution is -2.31. The number of thioether (sulfide) groups is 1. The van der Waals surface area contributed by atoms with Crippen molar-refractivity contribution < 1.29 is 4.74 Å². The van der Waals surface area contributed by atoms with Crippen LogP contribution in [-0.2, 0) is 4.74 Å². The number of nitrogens with zero attached hydrogens (tertiary/aromatic N) is 3. The summed E-state index contributed by atoms with van der Waals surface area (Å²) < 4.78 is 6.04. The number of ether oxygens (including phenoxy) is 1. The molecule has 5 nitrogen and oxygen atoms in total. The van der Waals surface area contributed by atoms with Crippen LogP contribution >= 0.6 is 11.8 Å². The van der Waals surface area contributed by atoms with E-state index in [1.807, 2.05) is 48.2 Å². The molecular formula is C21H16N4OS.